The van der Waals surface area contributed by atoms with Crippen LogP contribution < -0.4 is 5.32 Å². The van der Waals surface area contributed by atoms with Crippen molar-refractivity contribution in [1.29, 1.82) is 0 Å². The topological polar surface area (TPSA) is 82.6 Å². The smallest absolute Gasteiger partial charge is 0.274 e. The third-order valence-corrected chi connectivity index (χ3v) is 5.96. The molecule has 0 atom stereocenters. The number of aryl methyl sites for hydroxylation is 1. The van der Waals surface area contributed by atoms with Crippen LogP contribution >= 0.6 is 11.5 Å². The first kappa shape index (κ1) is 20.0. The minimum Gasteiger partial charge on any atom is -0.335 e. The lowest BCUT2D eigenvalue weighted by atomic mass is 10.1. The van der Waals surface area contributed by atoms with Gasteiger partial charge < -0.3 is 15.1 Å². The van der Waals surface area contributed by atoms with Crippen LogP contribution in [0, 0.1) is 6.92 Å². The second kappa shape index (κ2) is 8.23. The Kier molecular flexibility index (Phi) is 5.50. The summed E-state index contributed by atoms with van der Waals surface area (Å²) in [4.78, 5) is 40.4. The fraction of sp³-hybridized carbons (Fsp3) is 0.273. The van der Waals surface area contributed by atoms with Crippen LogP contribution in [0.5, 0.6) is 0 Å². The number of nitrogens with zero attached hydrogens (tertiary/aromatic N) is 3. The summed E-state index contributed by atoms with van der Waals surface area (Å²) < 4.78 is 5.38. The molecule has 30 heavy (non-hydrogen) atoms. The van der Waals surface area contributed by atoms with Gasteiger partial charge in [-0.05, 0) is 54.9 Å². The van der Waals surface area contributed by atoms with E-state index in [1.165, 1.54) is 18.5 Å². The lowest BCUT2D eigenvalue weighted by Gasteiger charge is -2.34. The van der Waals surface area contributed by atoms with Crippen molar-refractivity contribution in [1.82, 2.24) is 14.2 Å². The molecule has 1 fully saturated rings. The third kappa shape index (κ3) is 4.04. The van der Waals surface area contributed by atoms with Gasteiger partial charge in [-0.2, -0.15) is 4.37 Å². The standard InChI is InChI=1S/C22H22N4O3S/c1-14-3-8-19-18(13-14)20(24-30-19)22(29)26-11-9-25(10-12-26)21(28)16-4-6-17(7-5-16)23-15(2)27/h3-8,13H,9-12H2,1-2H3,(H,23,27). The van der Waals surface area contributed by atoms with Crippen LogP contribution in [0.3, 0.4) is 0 Å². The first-order valence-electron chi connectivity index (χ1n) is 9.74. The summed E-state index contributed by atoms with van der Waals surface area (Å²) in [5, 5.41) is 3.58. The zero-order valence-electron chi connectivity index (χ0n) is 16.8. The van der Waals surface area contributed by atoms with E-state index in [2.05, 4.69) is 9.69 Å². The van der Waals surface area contributed by atoms with E-state index in [9.17, 15) is 14.4 Å². The highest BCUT2D eigenvalue weighted by atomic mass is 32.1. The normalized spacial score (nSPS) is 14.1. The van der Waals surface area contributed by atoms with E-state index in [4.69, 9.17) is 0 Å². The predicted octanol–water partition coefficient (Wildman–Crippen LogP) is 3.16. The van der Waals surface area contributed by atoms with Crippen LogP contribution in [-0.2, 0) is 4.79 Å². The molecule has 3 aromatic rings. The molecule has 2 aromatic carbocycles. The number of carbonyl (C=O) groups excluding carboxylic acids is 3. The van der Waals surface area contributed by atoms with Crippen LogP contribution in [0.15, 0.2) is 42.5 Å². The fourth-order valence-corrected chi connectivity index (χ4v) is 4.30. The molecule has 0 spiro atoms. The SMILES string of the molecule is CC(=O)Nc1ccc(C(=O)N2CCN(C(=O)c3nsc4ccc(C)cc34)CC2)cc1. The van der Waals surface area contributed by atoms with Gasteiger partial charge in [-0.3, -0.25) is 14.4 Å². The van der Waals surface area contributed by atoms with Crippen LogP contribution in [-0.4, -0.2) is 58.1 Å². The van der Waals surface area contributed by atoms with Gasteiger partial charge in [0.1, 0.15) is 5.69 Å². The Bertz CT molecular complexity index is 1120. The van der Waals surface area contributed by atoms with Crippen LogP contribution in [0.25, 0.3) is 10.1 Å². The summed E-state index contributed by atoms with van der Waals surface area (Å²) >= 11 is 1.33. The van der Waals surface area contributed by atoms with Gasteiger partial charge in [-0.1, -0.05) is 11.6 Å². The molecular weight excluding hydrogens is 400 g/mol. The molecule has 154 valence electrons. The number of hydrogen-bond acceptors (Lipinski definition) is 5. The van der Waals surface area contributed by atoms with Crippen molar-refractivity contribution in [2.45, 2.75) is 13.8 Å². The van der Waals surface area contributed by atoms with Gasteiger partial charge in [0.15, 0.2) is 0 Å². The van der Waals surface area contributed by atoms with E-state index >= 15 is 0 Å². The maximum absolute atomic E-state index is 13.0. The van der Waals surface area contributed by atoms with E-state index in [1.54, 1.807) is 34.1 Å². The zero-order chi connectivity index (χ0) is 21.3. The molecule has 0 unspecified atom stereocenters. The van der Waals surface area contributed by atoms with Crippen LogP contribution in [0.4, 0.5) is 5.69 Å². The number of anilines is 1. The number of nitrogens with one attached hydrogen (secondary N) is 1. The zero-order valence-corrected chi connectivity index (χ0v) is 17.7. The quantitative estimate of drug-likeness (QED) is 0.703. The van der Waals surface area contributed by atoms with Gasteiger partial charge >= 0.3 is 0 Å². The summed E-state index contributed by atoms with van der Waals surface area (Å²) in [6, 6.07) is 12.8. The second-order valence-corrected chi connectivity index (χ2v) is 8.18. The molecular formula is C22H22N4O3S. The number of hydrogen-bond donors (Lipinski definition) is 1. The lowest BCUT2D eigenvalue weighted by Crippen LogP contribution is -2.50. The van der Waals surface area contributed by atoms with Gasteiger partial charge in [0, 0.05) is 49.7 Å². The van der Waals surface area contributed by atoms with Crippen molar-refractivity contribution in [3.63, 3.8) is 0 Å². The first-order valence-corrected chi connectivity index (χ1v) is 10.5. The Labute approximate surface area is 178 Å². The van der Waals surface area contributed by atoms with Gasteiger partial charge in [0.25, 0.3) is 11.8 Å². The molecule has 1 aliphatic rings. The first-order chi connectivity index (χ1) is 14.4. The molecule has 0 bridgehead atoms. The number of benzene rings is 2. The molecule has 0 aliphatic carbocycles. The van der Waals surface area contributed by atoms with Crippen molar-refractivity contribution >= 4 is 45.0 Å². The van der Waals surface area contributed by atoms with Gasteiger partial charge in [-0.15, -0.1) is 0 Å². The Morgan fingerprint density at radius 3 is 2.20 bits per heavy atom. The predicted molar refractivity (Wildman–Crippen MR) is 117 cm³/mol. The minimum atomic E-state index is -0.155. The largest absolute Gasteiger partial charge is 0.335 e. The number of aromatic nitrogens is 1. The van der Waals surface area contributed by atoms with E-state index in [1.807, 2.05) is 25.1 Å². The summed E-state index contributed by atoms with van der Waals surface area (Å²) in [5.41, 5.74) is 2.80. The maximum Gasteiger partial charge on any atom is 0.274 e. The van der Waals surface area contributed by atoms with Crippen molar-refractivity contribution in [3.05, 3.63) is 59.3 Å². The fourth-order valence-electron chi connectivity index (χ4n) is 3.55. The maximum atomic E-state index is 13.0. The van der Waals surface area contributed by atoms with Gasteiger partial charge in [-0.25, -0.2) is 0 Å². The van der Waals surface area contributed by atoms with Crippen molar-refractivity contribution in [2.24, 2.45) is 0 Å². The van der Waals surface area contributed by atoms with E-state index in [-0.39, 0.29) is 17.7 Å². The molecule has 1 N–H and O–H groups in total. The number of piperazine rings is 1. The van der Waals surface area contributed by atoms with Gasteiger partial charge in [0.2, 0.25) is 5.91 Å². The van der Waals surface area contributed by atoms with Crippen LogP contribution in [0.1, 0.15) is 33.3 Å². The number of rotatable bonds is 3. The Balaban J connectivity index is 1.40. The number of amides is 3. The summed E-state index contributed by atoms with van der Waals surface area (Å²) in [7, 11) is 0. The number of fused-ring (bicyclic) bond motifs is 1. The Hall–Kier alpha value is -3.26. The minimum absolute atomic E-state index is 0.0776. The molecule has 4 rings (SSSR count). The number of carbonyl (C=O) groups is 3. The average Bonchev–Trinajstić information content (AvgIpc) is 3.16. The highest BCUT2D eigenvalue weighted by Crippen LogP contribution is 2.25. The summed E-state index contributed by atoms with van der Waals surface area (Å²) in [6.07, 6.45) is 0. The second-order valence-electron chi connectivity index (χ2n) is 7.37. The molecule has 8 heteroatoms. The lowest BCUT2D eigenvalue weighted by molar-refractivity contribution is -0.114. The Morgan fingerprint density at radius 1 is 0.933 bits per heavy atom. The Morgan fingerprint density at radius 2 is 1.57 bits per heavy atom. The van der Waals surface area contributed by atoms with Crippen molar-refractivity contribution < 1.29 is 14.4 Å². The highest BCUT2D eigenvalue weighted by molar-refractivity contribution is 7.13. The molecule has 7 nitrogen and oxygen atoms in total. The molecule has 1 aromatic heterocycles. The average molecular weight is 423 g/mol. The van der Waals surface area contributed by atoms with Crippen molar-refractivity contribution in [3.8, 4) is 0 Å². The molecule has 1 aliphatic heterocycles. The summed E-state index contributed by atoms with van der Waals surface area (Å²) in [5.74, 6) is -0.317. The van der Waals surface area contributed by atoms with E-state index < -0.39 is 0 Å². The highest BCUT2D eigenvalue weighted by Gasteiger charge is 2.27. The molecule has 3 amide bonds. The molecule has 0 radical (unpaired) electrons. The molecule has 1 saturated heterocycles. The third-order valence-electron chi connectivity index (χ3n) is 5.13. The van der Waals surface area contributed by atoms with Crippen molar-refractivity contribution in [2.75, 3.05) is 31.5 Å². The van der Waals surface area contributed by atoms with Gasteiger partial charge in [0.05, 0.1) is 4.70 Å². The van der Waals surface area contributed by atoms with E-state index in [0.29, 0.717) is 43.1 Å². The monoisotopic (exact) mass is 422 g/mol. The van der Waals surface area contributed by atoms with Crippen LogP contribution in [0.2, 0.25) is 0 Å². The molecule has 2 heterocycles. The summed E-state index contributed by atoms with van der Waals surface area (Å²) in [6.45, 7) is 5.32. The van der Waals surface area contributed by atoms with E-state index in [0.717, 1.165) is 15.6 Å². The molecule has 0 saturated carbocycles.